The van der Waals surface area contributed by atoms with E-state index in [4.69, 9.17) is 0 Å². The molecule has 0 aliphatic heterocycles. The molecule has 118 valence electrons. The molecule has 0 radical (unpaired) electrons. The first-order valence-electron chi connectivity index (χ1n) is 6.96. The van der Waals surface area contributed by atoms with Gasteiger partial charge < -0.3 is 5.32 Å². The van der Waals surface area contributed by atoms with Gasteiger partial charge in [0.05, 0.1) is 5.56 Å². The fourth-order valence-corrected chi connectivity index (χ4v) is 2.34. The Labute approximate surface area is 127 Å². The molecule has 2 aromatic rings. The molecule has 0 amide bonds. The maximum absolute atomic E-state index is 13.5. The van der Waals surface area contributed by atoms with Gasteiger partial charge in [-0.15, -0.1) is 0 Å². The highest BCUT2D eigenvalue weighted by molar-refractivity contribution is 5.29. The Morgan fingerprint density at radius 2 is 1.45 bits per heavy atom. The molecule has 5 heteroatoms. The SMILES string of the molecule is CC(N[C@@H](C)c1cc(F)cc(C(F)(F)F)c1)c1ccccc1. The van der Waals surface area contributed by atoms with Gasteiger partial charge in [0, 0.05) is 12.1 Å². The summed E-state index contributed by atoms with van der Waals surface area (Å²) in [5.74, 6) is -0.883. The lowest BCUT2D eigenvalue weighted by Gasteiger charge is -2.21. The maximum Gasteiger partial charge on any atom is 0.416 e. The number of halogens is 4. The molecular formula is C17H17F4N. The normalized spacial score (nSPS) is 14.6. The summed E-state index contributed by atoms with van der Waals surface area (Å²) in [5.41, 5.74) is 0.320. The number of alkyl halides is 3. The zero-order chi connectivity index (χ0) is 16.3. The molecule has 1 N–H and O–H groups in total. The number of hydrogen-bond acceptors (Lipinski definition) is 1. The predicted molar refractivity (Wildman–Crippen MR) is 77.8 cm³/mol. The molecule has 0 heterocycles. The van der Waals surface area contributed by atoms with Crippen molar-refractivity contribution in [1.82, 2.24) is 5.32 Å². The van der Waals surface area contributed by atoms with Crippen molar-refractivity contribution < 1.29 is 17.6 Å². The highest BCUT2D eigenvalue weighted by Crippen LogP contribution is 2.32. The van der Waals surface area contributed by atoms with Crippen LogP contribution in [-0.2, 0) is 6.18 Å². The van der Waals surface area contributed by atoms with Crippen LogP contribution in [0.1, 0.15) is 42.6 Å². The minimum absolute atomic E-state index is 0.0613. The molecular weight excluding hydrogens is 294 g/mol. The van der Waals surface area contributed by atoms with Crippen LogP contribution in [0.2, 0.25) is 0 Å². The van der Waals surface area contributed by atoms with Crippen molar-refractivity contribution in [3.8, 4) is 0 Å². The summed E-state index contributed by atoms with van der Waals surface area (Å²) < 4.78 is 51.7. The summed E-state index contributed by atoms with van der Waals surface area (Å²) in [5, 5.41) is 3.18. The lowest BCUT2D eigenvalue weighted by Crippen LogP contribution is -2.23. The van der Waals surface area contributed by atoms with E-state index in [-0.39, 0.29) is 11.6 Å². The fraction of sp³-hybridized carbons (Fsp3) is 0.294. The highest BCUT2D eigenvalue weighted by Gasteiger charge is 2.31. The number of hydrogen-bond donors (Lipinski definition) is 1. The second-order valence-electron chi connectivity index (χ2n) is 5.29. The van der Waals surface area contributed by atoms with Gasteiger partial charge in [-0.3, -0.25) is 0 Å². The van der Waals surface area contributed by atoms with Crippen LogP contribution in [0.5, 0.6) is 0 Å². The molecule has 1 unspecified atom stereocenters. The Bertz CT molecular complexity index is 622. The maximum atomic E-state index is 13.5. The van der Waals surface area contributed by atoms with E-state index in [9.17, 15) is 17.6 Å². The van der Waals surface area contributed by atoms with Crippen molar-refractivity contribution in [3.63, 3.8) is 0 Å². The first-order chi connectivity index (χ1) is 10.3. The summed E-state index contributed by atoms with van der Waals surface area (Å²) in [6, 6.07) is 11.7. The molecule has 0 aromatic heterocycles. The Balaban J connectivity index is 2.19. The first-order valence-corrected chi connectivity index (χ1v) is 6.96. The summed E-state index contributed by atoms with van der Waals surface area (Å²) in [6.45, 7) is 3.63. The van der Waals surface area contributed by atoms with Crippen LogP contribution >= 0.6 is 0 Å². The van der Waals surface area contributed by atoms with Gasteiger partial charge in [0.15, 0.2) is 0 Å². The highest BCUT2D eigenvalue weighted by atomic mass is 19.4. The van der Waals surface area contributed by atoms with Gasteiger partial charge in [-0.1, -0.05) is 30.3 Å². The molecule has 2 atom stereocenters. The average Bonchev–Trinajstić information content (AvgIpc) is 2.46. The molecule has 0 spiro atoms. The molecule has 0 aliphatic carbocycles. The van der Waals surface area contributed by atoms with Gasteiger partial charge in [0.25, 0.3) is 0 Å². The van der Waals surface area contributed by atoms with E-state index in [1.54, 1.807) is 6.92 Å². The van der Waals surface area contributed by atoms with E-state index in [0.29, 0.717) is 6.07 Å². The number of rotatable bonds is 4. The third-order valence-electron chi connectivity index (χ3n) is 3.55. The van der Waals surface area contributed by atoms with Crippen LogP contribution in [-0.4, -0.2) is 0 Å². The van der Waals surface area contributed by atoms with Crippen molar-refractivity contribution in [3.05, 3.63) is 71.0 Å². The third kappa shape index (κ3) is 4.07. The summed E-state index contributed by atoms with van der Waals surface area (Å²) in [6.07, 6.45) is -4.55. The number of benzene rings is 2. The Kier molecular flexibility index (Phi) is 4.86. The fourth-order valence-electron chi connectivity index (χ4n) is 2.34. The Morgan fingerprint density at radius 1 is 0.864 bits per heavy atom. The van der Waals surface area contributed by atoms with Gasteiger partial charge in [-0.05, 0) is 43.2 Å². The minimum Gasteiger partial charge on any atom is -0.304 e. The van der Waals surface area contributed by atoms with Crippen LogP contribution in [0.3, 0.4) is 0 Å². The van der Waals surface area contributed by atoms with Crippen LogP contribution < -0.4 is 5.32 Å². The molecule has 2 rings (SSSR count). The lowest BCUT2D eigenvalue weighted by atomic mass is 10.0. The quantitative estimate of drug-likeness (QED) is 0.760. The molecule has 0 bridgehead atoms. The van der Waals surface area contributed by atoms with Crippen molar-refractivity contribution in [1.29, 1.82) is 0 Å². The summed E-state index contributed by atoms with van der Waals surface area (Å²) >= 11 is 0. The predicted octanol–water partition coefficient (Wildman–Crippen LogP) is 5.26. The van der Waals surface area contributed by atoms with E-state index in [2.05, 4.69) is 5.32 Å². The van der Waals surface area contributed by atoms with E-state index >= 15 is 0 Å². The third-order valence-corrected chi connectivity index (χ3v) is 3.55. The average molecular weight is 311 g/mol. The van der Waals surface area contributed by atoms with Crippen molar-refractivity contribution in [2.75, 3.05) is 0 Å². The molecule has 0 fully saturated rings. The van der Waals surface area contributed by atoms with E-state index in [0.717, 1.165) is 17.7 Å². The Hall–Kier alpha value is -1.88. The molecule has 0 aliphatic rings. The van der Waals surface area contributed by atoms with Crippen molar-refractivity contribution in [2.45, 2.75) is 32.1 Å². The summed E-state index contributed by atoms with van der Waals surface area (Å²) in [7, 11) is 0. The van der Waals surface area contributed by atoms with Crippen LogP contribution in [0.25, 0.3) is 0 Å². The lowest BCUT2D eigenvalue weighted by molar-refractivity contribution is -0.137. The monoisotopic (exact) mass is 311 g/mol. The van der Waals surface area contributed by atoms with Crippen LogP contribution in [0.4, 0.5) is 17.6 Å². The molecule has 0 saturated carbocycles. The van der Waals surface area contributed by atoms with Crippen LogP contribution in [0.15, 0.2) is 48.5 Å². The summed E-state index contributed by atoms with van der Waals surface area (Å²) in [4.78, 5) is 0. The molecule has 22 heavy (non-hydrogen) atoms. The van der Waals surface area contributed by atoms with E-state index in [1.165, 1.54) is 0 Å². The van der Waals surface area contributed by atoms with Crippen molar-refractivity contribution >= 4 is 0 Å². The van der Waals surface area contributed by atoms with Crippen molar-refractivity contribution in [2.24, 2.45) is 0 Å². The van der Waals surface area contributed by atoms with Crippen LogP contribution in [0, 0.1) is 5.82 Å². The molecule has 2 aromatic carbocycles. The molecule has 1 nitrogen and oxygen atoms in total. The molecule has 0 saturated heterocycles. The van der Waals surface area contributed by atoms with Gasteiger partial charge in [0.2, 0.25) is 0 Å². The zero-order valence-corrected chi connectivity index (χ0v) is 12.3. The van der Waals surface area contributed by atoms with E-state index in [1.807, 2.05) is 37.3 Å². The standard InChI is InChI=1S/C17H17F4N/c1-11(13-6-4-3-5-7-13)22-12(2)14-8-15(17(19,20)21)10-16(18)9-14/h3-12,22H,1-2H3/t11?,12-/m0/s1. The topological polar surface area (TPSA) is 12.0 Å². The minimum atomic E-state index is -4.55. The largest absolute Gasteiger partial charge is 0.416 e. The van der Waals surface area contributed by atoms with Gasteiger partial charge in [0.1, 0.15) is 5.82 Å². The van der Waals surface area contributed by atoms with Gasteiger partial charge in [-0.2, -0.15) is 13.2 Å². The van der Waals surface area contributed by atoms with Gasteiger partial charge >= 0.3 is 6.18 Å². The van der Waals surface area contributed by atoms with Gasteiger partial charge in [-0.25, -0.2) is 4.39 Å². The number of nitrogens with one attached hydrogen (secondary N) is 1. The second-order valence-corrected chi connectivity index (χ2v) is 5.29. The zero-order valence-electron chi connectivity index (χ0n) is 12.3. The van der Waals surface area contributed by atoms with E-state index < -0.39 is 23.6 Å². The smallest absolute Gasteiger partial charge is 0.304 e. The Morgan fingerprint density at radius 3 is 2.05 bits per heavy atom. The first kappa shape index (κ1) is 16.5. The second kappa shape index (κ2) is 6.48.